The van der Waals surface area contributed by atoms with E-state index in [0.717, 1.165) is 86.0 Å². The van der Waals surface area contributed by atoms with Gasteiger partial charge in [-0.15, -0.1) is 0 Å². The molecule has 8 heteroatoms. The average molecular weight is 505 g/mol. The molecule has 1 N–H and O–H groups in total. The molecule has 37 heavy (non-hydrogen) atoms. The fourth-order valence-electron chi connectivity index (χ4n) is 5.11. The third kappa shape index (κ3) is 5.50. The first-order valence-corrected chi connectivity index (χ1v) is 13.3. The Bertz CT molecular complexity index is 1170. The highest BCUT2D eigenvalue weighted by molar-refractivity contribution is 6.00. The van der Waals surface area contributed by atoms with E-state index in [1.807, 2.05) is 41.3 Å². The Labute approximate surface area is 218 Å². The number of morpholine rings is 1. The van der Waals surface area contributed by atoms with Gasteiger partial charge in [-0.3, -0.25) is 14.8 Å². The molecule has 0 saturated carbocycles. The van der Waals surface area contributed by atoms with E-state index in [1.165, 1.54) is 0 Å². The van der Waals surface area contributed by atoms with Gasteiger partial charge in [0.2, 0.25) is 0 Å². The number of aromatic amines is 1. The van der Waals surface area contributed by atoms with Gasteiger partial charge in [0.05, 0.1) is 38.7 Å². The lowest BCUT2D eigenvalue weighted by Crippen LogP contribution is -2.38. The summed E-state index contributed by atoms with van der Waals surface area (Å²) in [5.41, 5.74) is 4.31. The van der Waals surface area contributed by atoms with Crippen LogP contribution in [0.3, 0.4) is 0 Å². The van der Waals surface area contributed by atoms with Gasteiger partial charge in [0.25, 0.3) is 5.91 Å². The van der Waals surface area contributed by atoms with Gasteiger partial charge in [-0.1, -0.05) is 25.5 Å². The zero-order valence-electron chi connectivity index (χ0n) is 21.7. The first-order chi connectivity index (χ1) is 18.2. The number of nitrogens with zero attached hydrogens (tertiary/aromatic N) is 3. The Kier molecular flexibility index (Phi) is 8.06. The second kappa shape index (κ2) is 11.8. The molecule has 0 spiro atoms. The number of hydrogen-bond donors (Lipinski definition) is 1. The minimum absolute atomic E-state index is 0.00230. The summed E-state index contributed by atoms with van der Waals surface area (Å²) in [6, 6.07) is 15.8. The van der Waals surface area contributed by atoms with Crippen LogP contribution in [0.1, 0.15) is 53.8 Å². The molecule has 2 aliphatic heterocycles. The normalized spacial score (nSPS) is 17.7. The van der Waals surface area contributed by atoms with Crippen LogP contribution < -0.4 is 9.47 Å². The van der Waals surface area contributed by atoms with Crippen molar-refractivity contribution in [2.75, 3.05) is 53.1 Å². The molecule has 5 rings (SSSR count). The highest BCUT2D eigenvalue weighted by Gasteiger charge is 2.42. The van der Waals surface area contributed by atoms with Crippen molar-refractivity contribution < 1.29 is 19.0 Å². The molecule has 1 unspecified atom stereocenters. The van der Waals surface area contributed by atoms with Gasteiger partial charge < -0.3 is 19.1 Å². The van der Waals surface area contributed by atoms with E-state index < -0.39 is 0 Å². The van der Waals surface area contributed by atoms with E-state index in [1.54, 1.807) is 7.11 Å². The third-order valence-corrected chi connectivity index (χ3v) is 7.17. The minimum atomic E-state index is -0.215. The van der Waals surface area contributed by atoms with Gasteiger partial charge in [-0.05, 0) is 54.8 Å². The Hall–Kier alpha value is -3.36. The van der Waals surface area contributed by atoms with Crippen molar-refractivity contribution in [2.45, 2.75) is 32.2 Å². The number of carbonyl (C=O) groups excluding carboxylic acids is 1. The van der Waals surface area contributed by atoms with Crippen molar-refractivity contribution in [1.82, 2.24) is 20.0 Å². The number of rotatable bonds is 11. The smallest absolute Gasteiger partial charge is 0.273 e. The van der Waals surface area contributed by atoms with Crippen molar-refractivity contribution in [2.24, 2.45) is 0 Å². The molecule has 1 fully saturated rings. The maximum atomic E-state index is 13.6. The van der Waals surface area contributed by atoms with Gasteiger partial charge in [0.15, 0.2) is 0 Å². The van der Waals surface area contributed by atoms with Gasteiger partial charge in [0, 0.05) is 37.3 Å². The number of aromatic nitrogens is 2. The molecule has 1 aromatic heterocycles. The SMILES string of the molecule is CCCCOc1ccc(C2c3c(-c4ccc(OC)cc4)n[nH]c3C(=O)N2CCCN2CCOCC2)cc1. The predicted molar refractivity (Wildman–Crippen MR) is 142 cm³/mol. The fraction of sp³-hybridized carbons (Fsp3) is 0.448. The van der Waals surface area contributed by atoms with Crippen molar-refractivity contribution >= 4 is 5.91 Å². The molecular formula is C29H36N4O4. The Morgan fingerprint density at radius 1 is 1.00 bits per heavy atom. The quantitative estimate of drug-likeness (QED) is 0.387. The van der Waals surface area contributed by atoms with Crippen molar-refractivity contribution in [3.05, 3.63) is 65.4 Å². The van der Waals surface area contributed by atoms with E-state index in [9.17, 15) is 4.79 Å². The van der Waals surface area contributed by atoms with Gasteiger partial charge in [0.1, 0.15) is 17.2 Å². The number of H-pyrrole nitrogens is 1. The van der Waals surface area contributed by atoms with Crippen LogP contribution in [0, 0.1) is 0 Å². The van der Waals surface area contributed by atoms with E-state index in [4.69, 9.17) is 14.2 Å². The molecule has 0 radical (unpaired) electrons. The number of nitrogens with one attached hydrogen (secondary N) is 1. The summed E-state index contributed by atoms with van der Waals surface area (Å²) in [7, 11) is 1.65. The van der Waals surface area contributed by atoms with Crippen LogP contribution in [0.15, 0.2) is 48.5 Å². The molecule has 1 atom stereocenters. The summed E-state index contributed by atoms with van der Waals surface area (Å²) in [6.07, 6.45) is 3.02. The highest BCUT2D eigenvalue weighted by Crippen LogP contribution is 2.43. The summed E-state index contributed by atoms with van der Waals surface area (Å²) in [4.78, 5) is 18.0. The van der Waals surface area contributed by atoms with Crippen molar-refractivity contribution in [3.8, 4) is 22.8 Å². The lowest BCUT2D eigenvalue weighted by Gasteiger charge is -2.29. The maximum absolute atomic E-state index is 13.6. The number of carbonyl (C=O) groups is 1. The molecule has 3 aromatic rings. The number of hydrogen-bond acceptors (Lipinski definition) is 6. The monoisotopic (exact) mass is 504 g/mol. The number of benzene rings is 2. The molecule has 3 heterocycles. The van der Waals surface area contributed by atoms with Gasteiger partial charge in [-0.2, -0.15) is 5.10 Å². The number of amides is 1. The lowest BCUT2D eigenvalue weighted by molar-refractivity contribution is 0.0354. The molecule has 2 aromatic carbocycles. The topological polar surface area (TPSA) is 79.9 Å². The summed E-state index contributed by atoms with van der Waals surface area (Å²) in [5.74, 6) is 1.63. The Morgan fingerprint density at radius 2 is 1.73 bits per heavy atom. The summed E-state index contributed by atoms with van der Waals surface area (Å²) in [6.45, 7) is 7.92. The summed E-state index contributed by atoms with van der Waals surface area (Å²) >= 11 is 0. The molecule has 2 aliphatic rings. The average Bonchev–Trinajstić information content (AvgIpc) is 3.49. The number of unbranched alkanes of at least 4 members (excludes halogenated alkanes) is 1. The van der Waals surface area contributed by atoms with Crippen LogP contribution in [-0.2, 0) is 4.74 Å². The van der Waals surface area contributed by atoms with Crippen molar-refractivity contribution in [1.29, 1.82) is 0 Å². The van der Waals surface area contributed by atoms with Crippen LogP contribution >= 0.6 is 0 Å². The highest BCUT2D eigenvalue weighted by atomic mass is 16.5. The minimum Gasteiger partial charge on any atom is -0.497 e. The zero-order valence-corrected chi connectivity index (χ0v) is 21.7. The molecule has 0 bridgehead atoms. The van der Waals surface area contributed by atoms with E-state index in [-0.39, 0.29) is 11.9 Å². The first kappa shape index (κ1) is 25.3. The van der Waals surface area contributed by atoms with E-state index in [2.05, 4.69) is 34.2 Å². The second-order valence-electron chi connectivity index (χ2n) is 9.57. The molecule has 196 valence electrons. The molecule has 1 saturated heterocycles. The third-order valence-electron chi connectivity index (χ3n) is 7.17. The first-order valence-electron chi connectivity index (χ1n) is 13.3. The van der Waals surface area contributed by atoms with Crippen molar-refractivity contribution in [3.63, 3.8) is 0 Å². The molecule has 0 aliphatic carbocycles. The zero-order chi connectivity index (χ0) is 25.6. The summed E-state index contributed by atoms with van der Waals surface area (Å²) < 4.78 is 16.7. The van der Waals surface area contributed by atoms with Crippen LogP contribution in [0.25, 0.3) is 11.3 Å². The number of fused-ring (bicyclic) bond motifs is 1. The Morgan fingerprint density at radius 3 is 2.43 bits per heavy atom. The summed E-state index contributed by atoms with van der Waals surface area (Å²) in [5, 5.41) is 7.64. The second-order valence-corrected chi connectivity index (χ2v) is 9.57. The number of methoxy groups -OCH3 is 1. The molecule has 8 nitrogen and oxygen atoms in total. The van der Waals surface area contributed by atoms with E-state index >= 15 is 0 Å². The maximum Gasteiger partial charge on any atom is 0.273 e. The largest absolute Gasteiger partial charge is 0.497 e. The predicted octanol–water partition coefficient (Wildman–Crippen LogP) is 4.53. The van der Waals surface area contributed by atoms with Gasteiger partial charge in [-0.25, -0.2) is 0 Å². The van der Waals surface area contributed by atoms with Crippen LogP contribution in [0.2, 0.25) is 0 Å². The van der Waals surface area contributed by atoms with E-state index in [0.29, 0.717) is 18.8 Å². The standard InChI is InChI=1S/C29H36N4O4/c1-3-4-18-37-24-12-8-22(9-13-24)28-25-26(21-6-10-23(35-2)11-7-21)30-31-27(25)29(34)33(28)15-5-14-32-16-19-36-20-17-32/h6-13,28H,3-5,14-20H2,1-2H3,(H,30,31). The number of ether oxygens (including phenoxy) is 3. The Balaban J connectivity index is 1.43. The van der Waals surface area contributed by atoms with Gasteiger partial charge >= 0.3 is 0 Å². The fourth-order valence-corrected chi connectivity index (χ4v) is 5.11. The molecule has 1 amide bonds. The van der Waals surface area contributed by atoms with Crippen LogP contribution in [0.5, 0.6) is 11.5 Å². The molecular weight excluding hydrogens is 468 g/mol. The lowest BCUT2D eigenvalue weighted by atomic mass is 9.96. The van der Waals surface area contributed by atoms with Crippen LogP contribution in [-0.4, -0.2) is 79.0 Å². The van der Waals surface area contributed by atoms with Crippen LogP contribution in [0.4, 0.5) is 0 Å².